The Morgan fingerprint density at radius 3 is 2.70 bits per heavy atom. The zero-order valence-electron chi connectivity index (χ0n) is 19.0. The molecule has 0 radical (unpaired) electrons. The standard InChI is InChI=1S/C29H28BrN3/c1-20-8-10-21(11-9-20)18-32-19-23-15-22-5-2-3-7-26(22)31-27(23)17-25-6-4-14-33(25)29-16-24(30)12-13-28(29)32/h2-3,5,7-13,15-16,25H,4,6,14,17-19H2,1H3. The molecule has 33 heavy (non-hydrogen) atoms. The molecule has 3 heterocycles. The number of pyridine rings is 1. The van der Waals surface area contributed by atoms with E-state index in [0.717, 1.165) is 36.0 Å². The molecule has 0 saturated carbocycles. The van der Waals surface area contributed by atoms with Crippen molar-refractivity contribution in [2.24, 2.45) is 0 Å². The lowest BCUT2D eigenvalue weighted by Gasteiger charge is -2.32. The number of rotatable bonds is 2. The van der Waals surface area contributed by atoms with Crippen molar-refractivity contribution < 1.29 is 0 Å². The van der Waals surface area contributed by atoms with Crippen LogP contribution in [0.1, 0.15) is 35.2 Å². The molecule has 4 heteroatoms. The first-order chi connectivity index (χ1) is 16.1. The fourth-order valence-corrected chi connectivity index (χ4v) is 5.79. The van der Waals surface area contributed by atoms with Crippen LogP contribution in [0.15, 0.2) is 77.3 Å². The molecular weight excluding hydrogens is 470 g/mol. The van der Waals surface area contributed by atoms with Gasteiger partial charge in [0.15, 0.2) is 0 Å². The molecule has 6 rings (SSSR count). The van der Waals surface area contributed by atoms with Gasteiger partial charge in [0.2, 0.25) is 0 Å². The maximum Gasteiger partial charge on any atom is 0.0705 e. The number of anilines is 2. The van der Waals surface area contributed by atoms with E-state index in [1.165, 1.54) is 52.0 Å². The van der Waals surface area contributed by atoms with E-state index in [-0.39, 0.29) is 0 Å². The fourth-order valence-electron chi connectivity index (χ4n) is 5.44. The summed E-state index contributed by atoms with van der Waals surface area (Å²) in [6.07, 6.45) is 3.46. The summed E-state index contributed by atoms with van der Waals surface area (Å²) in [5, 5.41) is 1.23. The highest BCUT2D eigenvalue weighted by molar-refractivity contribution is 9.10. The Bertz CT molecular complexity index is 1310. The maximum absolute atomic E-state index is 5.19. The quantitative estimate of drug-likeness (QED) is 0.296. The lowest BCUT2D eigenvalue weighted by atomic mass is 10.0. The molecule has 1 atom stereocenters. The van der Waals surface area contributed by atoms with Gasteiger partial charge in [0, 0.05) is 47.6 Å². The minimum absolute atomic E-state index is 0.491. The smallest absolute Gasteiger partial charge is 0.0705 e. The van der Waals surface area contributed by atoms with Crippen molar-refractivity contribution in [2.75, 3.05) is 16.3 Å². The second kappa shape index (κ2) is 8.49. The van der Waals surface area contributed by atoms with Crippen LogP contribution in [0.2, 0.25) is 0 Å². The first kappa shape index (κ1) is 20.7. The number of benzene rings is 3. The summed E-state index contributed by atoms with van der Waals surface area (Å²) < 4.78 is 1.14. The minimum atomic E-state index is 0.491. The number of nitrogens with zero attached hydrogens (tertiary/aromatic N) is 3. The highest BCUT2D eigenvalue weighted by Crippen LogP contribution is 2.40. The topological polar surface area (TPSA) is 19.4 Å². The summed E-state index contributed by atoms with van der Waals surface area (Å²) >= 11 is 3.75. The fraction of sp³-hybridized carbons (Fsp3) is 0.276. The van der Waals surface area contributed by atoms with E-state index in [9.17, 15) is 0 Å². The average Bonchev–Trinajstić information content (AvgIpc) is 3.29. The van der Waals surface area contributed by atoms with Gasteiger partial charge in [-0.15, -0.1) is 0 Å². The Labute approximate surface area is 204 Å². The van der Waals surface area contributed by atoms with E-state index >= 15 is 0 Å². The highest BCUT2D eigenvalue weighted by Gasteiger charge is 2.31. The number of fused-ring (bicyclic) bond motifs is 5. The van der Waals surface area contributed by atoms with Gasteiger partial charge in [-0.1, -0.05) is 64.0 Å². The summed E-state index contributed by atoms with van der Waals surface area (Å²) in [5.41, 5.74) is 9.00. The molecule has 0 N–H and O–H groups in total. The van der Waals surface area contributed by atoms with Crippen molar-refractivity contribution in [1.82, 2.24) is 4.98 Å². The molecular formula is C29H28BrN3. The van der Waals surface area contributed by atoms with Gasteiger partial charge in [0.25, 0.3) is 0 Å². The number of aromatic nitrogens is 1. The summed E-state index contributed by atoms with van der Waals surface area (Å²) in [6.45, 7) is 4.99. The largest absolute Gasteiger partial charge is 0.366 e. The molecule has 3 nitrogen and oxygen atoms in total. The van der Waals surface area contributed by atoms with Gasteiger partial charge >= 0.3 is 0 Å². The third-order valence-corrected chi connectivity index (χ3v) is 7.63. The minimum Gasteiger partial charge on any atom is -0.366 e. The highest BCUT2D eigenvalue weighted by atomic mass is 79.9. The average molecular weight is 498 g/mol. The maximum atomic E-state index is 5.19. The van der Waals surface area contributed by atoms with E-state index in [1.807, 2.05) is 0 Å². The second-order valence-corrected chi connectivity index (χ2v) is 10.4. The molecule has 4 aromatic rings. The van der Waals surface area contributed by atoms with Gasteiger partial charge < -0.3 is 9.80 Å². The summed E-state index contributed by atoms with van der Waals surface area (Å²) in [7, 11) is 0. The first-order valence-corrected chi connectivity index (χ1v) is 12.7. The normalized spacial score (nSPS) is 17.7. The van der Waals surface area contributed by atoms with E-state index in [2.05, 4.69) is 105 Å². The number of hydrogen-bond donors (Lipinski definition) is 0. The summed E-state index contributed by atoms with van der Waals surface area (Å²) in [6, 6.07) is 27.2. The monoisotopic (exact) mass is 497 g/mol. The molecule has 2 aliphatic rings. The Balaban J connectivity index is 1.52. The van der Waals surface area contributed by atoms with E-state index in [4.69, 9.17) is 4.98 Å². The predicted molar refractivity (Wildman–Crippen MR) is 141 cm³/mol. The first-order valence-electron chi connectivity index (χ1n) is 11.9. The third-order valence-electron chi connectivity index (χ3n) is 7.14. The molecule has 3 aromatic carbocycles. The lowest BCUT2D eigenvalue weighted by Crippen LogP contribution is -2.32. The van der Waals surface area contributed by atoms with Crippen molar-refractivity contribution in [3.05, 3.63) is 99.7 Å². The zero-order chi connectivity index (χ0) is 22.4. The van der Waals surface area contributed by atoms with Crippen LogP contribution < -0.4 is 9.80 Å². The van der Waals surface area contributed by atoms with Crippen LogP contribution in [0, 0.1) is 6.92 Å². The molecule has 0 amide bonds. The molecule has 1 unspecified atom stereocenters. The zero-order valence-corrected chi connectivity index (χ0v) is 20.6. The van der Waals surface area contributed by atoms with Crippen LogP contribution >= 0.6 is 15.9 Å². The van der Waals surface area contributed by atoms with Crippen molar-refractivity contribution in [3.8, 4) is 0 Å². The number of aryl methyl sites for hydroxylation is 1. The van der Waals surface area contributed by atoms with Crippen molar-refractivity contribution >= 4 is 38.2 Å². The molecule has 166 valence electrons. The van der Waals surface area contributed by atoms with E-state index in [1.54, 1.807) is 0 Å². The van der Waals surface area contributed by atoms with Crippen molar-refractivity contribution in [3.63, 3.8) is 0 Å². The van der Waals surface area contributed by atoms with Gasteiger partial charge in [0.1, 0.15) is 0 Å². The molecule has 2 aliphatic heterocycles. The van der Waals surface area contributed by atoms with E-state index in [0.29, 0.717) is 6.04 Å². The number of hydrogen-bond acceptors (Lipinski definition) is 3. The van der Waals surface area contributed by atoms with Gasteiger partial charge in [0.05, 0.1) is 16.9 Å². The van der Waals surface area contributed by atoms with Gasteiger partial charge in [-0.05, 0) is 61.2 Å². The summed E-state index contributed by atoms with van der Waals surface area (Å²) in [5.74, 6) is 0. The second-order valence-electron chi connectivity index (χ2n) is 9.46. The van der Waals surface area contributed by atoms with Crippen LogP contribution in [0.5, 0.6) is 0 Å². The Morgan fingerprint density at radius 1 is 0.970 bits per heavy atom. The summed E-state index contributed by atoms with van der Waals surface area (Å²) in [4.78, 5) is 10.4. The van der Waals surface area contributed by atoms with Crippen LogP contribution in [-0.4, -0.2) is 17.6 Å². The number of para-hydroxylation sites is 1. The molecule has 0 spiro atoms. The Morgan fingerprint density at radius 2 is 1.82 bits per heavy atom. The van der Waals surface area contributed by atoms with Crippen molar-refractivity contribution in [2.45, 2.75) is 45.3 Å². The molecule has 1 aromatic heterocycles. The van der Waals surface area contributed by atoms with Gasteiger partial charge in [-0.3, -0.25) is 4.98 Å². The molecule has 0 aliphatic carbocycles. The Kier molecular flexibility index (Phi) is 5.34. The van der Waals surface area contributed by atoms with Crippen LogP contribution in [-0.2, 0) is 19.5 Å². The molecule has 0 bridgehead atoms. The van der Waals surface area contributed by atoms with Crippen molar-refractivity contribution in [1.29, 1.82) is 0 Å². The van der Waals surface area contributed by atoms with Gasteiger partial charge in [-0.25, -0.2) is 0 Å². The third kappa shape index (κ3) is 4.02. The predicted octanol–water partition coefficient (Wildman–Crippen LogP) is 7.04. The Hall–Kier alpha value is -2.85. The number of halogens is 1. The lowest BCUT2D eigenvalue weighted by molar-refractivity contribution is 0.653. The van der Waals surface area contributed by atoms with Crippen LogP contribution in [0.3, 0.4) is 0 Å². The van der Waals surface area contributed by atoms with E-state index < -0.39 is 0 Å². The van der Waals surface area contributed by atoms with Crippen LogP contribution in [0.4, 0.5) is 11.4 Å². The van der Waals surface area contributed by atoms with Gasteiger partial charge in [-0.2, -0.15) is 0 Å². The van der Waals surface area contributed by atoms with Crippen LogP contribution in [0.25, 0.3) is 10.9 Å². The SMILES string of the molecule is Cc1ccc(CN2Cc3cc4ccccc4nc3CC3CCCN3c3cc(Br)ccc32)cc1. The molecule has 1 saturated heterocycles. The molecule has 1 fully saturated rings.